The standard InChI is InChI=1S/C18H15ClN4O4/c1-2-23-14-8-7-10(9-13(14)20-17(26)18(23)27)15(24)21-22-16(25)11-5-3-4-6-12(11)19/h3-9H,2H2,1H3,(H,20,26)(H,21,24)(H,22,25). The van der Waals surface area contributed by atoms with Crippen LogP contribution in [0.1, 0.15) is 27.6 Å². The van der Waals surface area contributed by atoms with Gasteiger partial charge in [0.05, 0.1) is 21.6 Å². The van der Waals surface area contributed by atoms with Crippen LogP contribution in [0.15, 0.2) is 52.1 Å². The van der Waals surface area contributed by atoms with Gasteiger partial charge in [-0.1, -0.05) is 23.7 Å². The number of amides is 2. The Balaban J connectivity index is 1.83. The first kappa shape index (κ1) is 18.4. The Morgan fingerprint density at radius 1 is 1.07 bits per heavy atom. The predicted octanol–water partition coefficient (Wildman–Crippen LogP) is 1.44. The summed E-state index contributed by atoms with van der Waals surface area (Å²) in [5.74, 6) is -1.16. The molecule has 2 aromatic carbocycles. The summed E-state index contributed by atoms with van der Waals surface area (Å²) in [6.07, 6.45) is 0. The molecule has 0 unspecified atom stereocenters. The molecule has 138 valence electrons. The maximum atomic E-state index is 12.3. The topological polar surface area (TPSA) is 113 Å². The Kier molecular flexibility index (Phi) is 5.09. The van der Waals surface area contributed by atoms with Gasteiger partial charge in [0.1, 0.15) is 0 Å². The number of halogens is 1. The van der Waals surface area contributed by atoms with E-state index in [2.05, 4.69) is 15.8 Å². The van der Waals surface area contributed by atoms with Crippen molar-refractivity contribution in [1.82, 2.24) is 20.4 Å². The summed E-state index contributed by atoms with van der Waals surface area (Å²) in [5.41, 5.74) is 4.39. The zero-order valence-electron chi connectivity index (χ0n) is 14.2. The fraction of sp³-hybridized carbons (Fsp3) is 0.111. The molecule has 3 N–H and O–H groups in total. The van der Waals surface area contributed by atoms with Crippen molar-refractivity contribution < 1.29 is 9.59 Å². The molecule has 0 aliphatic heterocycles. The second-order valence-corrected chi connectivity index (χ2v) is 6.03. The number of nitrogens with one attached hydrogen (secondary N) is 3. The third-order valence-electron chi connectivity index (χ3n) is 3.96. The molecule has 0 atom stereocenters. The second kappa shape index (κ2) is 7.46. The van der Waals surface area contributed by atoms with Crippen molar-refractivity contribution in [3.05, 3.63) is 79.3 Å². The highest BCUT2D eigenvalue weighted by Gasteiger charge is 2.13. The number of rotatable bonds is 3. The number of aromatic amines is 1. The fourth-order valence-electron chi connectivity index (χ4n) is 2.63. The van der Waals surface area contributed by atoms with Gasteiger partial charge in [-0.05, 0) is 37.3 Å². The maximum absolute atomic E-state index is 12.3. The Morgan fingerprint density at radius 3 is 2.48 bits per heavy atom. The van der Waals surface area contributed by atoms with Gasteiger partial charge in [0.25, 0.3) is 11.8 Å². The zero-order valence-corrected chi connectivity index (χ0v) is 15.0. The van der Waals surface area contributed by atoms with E-state index in [0.29, 0.717) is 17.6 Å². The fourth-order valence-corrected chi connectivity index (χ4v) is 2.85. The number of aromatic nitrogens is 2. The molecule has 0 bridgehead atoms. The highest BCUT2D eigenvalue weighted by molar-refractivity contribution is 6.33. The molecular weight excluding hydrogens is 372 g/mol. The average Bonchev–Trinajstić information content (AvgIpc) is 2.67. The van der Waals surface area contributed by atoms with Crippen LogP contribution >= 0.6 is 11.6 Å². The van der Waals surface area contributed by atoms with E-state index >= 15 is 0 Å². The molecule has 1 aromatic heterocycles. The molecule has 27 heavy (non-hydrogen) atoms. The van der Waals surface area contributed by atoms with Gasteiger partial charge in [0, 0.05) is 12.1 Å². The van der Waals surface area contributed by atoms with Gasteiger partial charge in [0.15, 0.2) is 0 Å². The van der Waals surface area contributed by atoms with Crippen molar-refractivity contribution in [2.75, 3.05) is 0 Å². The Bertz CT molecular complexity index is 1170. The molecule has 3 aromatic rings. The van der Waals surface area contributed by atoms with E-state index < -0.39 is 22.9 Å². The number of hydrazine groups is 1. The molecule has 2 amide bonds. The first-order chi connectivity index (χ1) is 12.9. The predicted molar refractivity (Wildman–Crippen MR) is 101 cm³/mol. The summed E-state index contributed by atoms with van der Waals surface area (Å²) in [6.45, 7) is 2.06. The molecule has 0 saturated carbocycles. The van der Waals surface area contributed by atoms with Crippen LogP contribution in [0.2, 0.25) is 5.02 Å². The van der Waals surface area contributed by atoms with E-state index in [1.807, 2.05) is 0 Å². The highest BCUT2D eigenvalue weighted by Crippen LogP contribution is 2.14. The zero-order chi connectivity index (χ0) is 19.6. The lowest BCUT2D eigenvalue weighted by Gasteiger charge is -2.10. The molecular formula is C18H15ClN4O4. The molecule has 0 spiro atoms. The van der Waals surface area contributed by atoms with Crippen molar-refractivity contribution in [1.29, 1.82) is 0 Å². The Labute approximate surface area is 157 Å². The summed E-state index contributed by atoms with van der Waals surface area (Å²) < 4.78 is 1.31. The van der Waals surface area contributed by atoms with Gasteiger partial charge >= 0.3 is 11.1 Å². The summed E-state index contributed by atoms with van der Waals surface area (Å²) in [5, 5.41) is 0.255. The van der Waals surface area contributed by atoms with Crippen molar-refractivity contribution in [2.45, 2.75) is 13.5 Å². The minimum absolute atomic E-state index is 0.193. The quantitative estimate of drug-likeness (QED) is 0.467. The van der Waals surface area contributed by atoms with Crippen molar-refractivity contribution in [3.63, 3.8) is 0 Å². The number of hydrogen-bond acceptors (Lipinski definition) is 4. The van der Waals surface area contributed by atoms with Crippen molar-refractivity contribution >= 4 is 34.4 Å². The lowest BCUT2D eigenvalue weighted by atomic mass is 10.2. The monoisotopic (exact) mass is 386 g/mol. The molecule has 0 radical (unpaired) electrons. The lowest BCUT2D eigenvalue weighted by molar-refractivity contribution is 0.0847. The maximum Gasteiger partial charge on any atom is 0.316 e. The van der Waals surface area contributed by atoms with Crippen LogP contribution in [0, 0.1) is 0 Å². The Hall–Kier alpha value is -3.39. The van der Waals surface area contributed by atoms with Gasteiger partial charge in [-0.25, -0.2) is 0 Å². The molecule has 9 heteroatoms. The molecule has 3 rings (SSSR count). The van der Waals surface area contributed by atoms with Gasteiger partial charge in [-0.15, -0.1) is 0 Å². The molecule has 0 saturated heterocycles. The SMILES string of the molecule is CCn1c(=O)c(=O)[nH]c2cc(C(=O)NNC(=O)c3ccccc3Cl)ccc21. The number of nitrogens with zero attached hydrogens (tertiary/aromatic N) is 1. The molecule has 8 nitrogen and oxygen atoms in total. The third-order valence-corrected chi connectivity index (χ3v) is 4.29. The van der Waals surface area contributed by atoms with Gasteiger partial charge < -0.3 is 9.55 Å². The second-order valence-electron chi connectivity index (χ2n) is 5.62. The largest absolute Gasteiger partial charge is 0.316 e. The van der Waals surface area contributed by atoms with Crippen LogP contribution in [0.3, 0.4) is 0 Å². The van der Waals surface area contributed by atoms with Gasteiger partial charge in [0.2, 0.25) is 0 Å². The minimum atomic E-state index is -0.770. The summed E-state index contributed by atoms with van der Waals surface area (Å²) in [7, 11) is 0. The number of fused-ring (bicyclic) bond motifs is 1. The van der Waals surface area contributed by atoms with E-state index in [1.165, 1.54) is 22.8 Å². The van der Waals surface area contributed by atoms with E-state index in [-0.39, 0.29) is 16.1 Å². The van der Waals surface area contributed by atoms with Crippen LogP contribution in [0.5, 0.6) is 0 Å². The van der Waals surface area contributed by atoms with Crippen LogP contribution < -0.4 is 22.0 Å². The van der Waals surface area contributed by atoms with Crippen molar-refractivity contribution in [2.24, 2.45) is 0 Å². The average molecular weight is 387 g/mol. The Morgan fingerprint density at radius 2 is 1.78 bits per heavy atom. The van der Waals surface area contributed by atoms with Gasteiger partial charge in [-0.3, -0.25) is 30.0 Å². The van der Waals surface area contributed by atoms with Crippen molar-refractivity contribution in [3.8, 4) is 0 Å². The minimum Gasteiger partial charge on any atom is -0.316 e. The van der Waals surface area contributed by atoms with Crippen LogP contribution in [0.4, 0.5) is 0 Å². The lowest BCUT2D eigenvalue weighted by Crippen LogP contribution is -2.41. The first-order valence-corrected chi connectivity index (χ1v) is 8.42. The van der Waals surface area contributed by atoms with E-state index in [1.54, 1.807) is 31.2 Å². The summed E-state index contributed by atoms with van der Waals surface area (Å²) >= 11 is 5.94. The number of aryl methyl sites for hydroxylation is 1. The molecule has 1 heterocycles. The smallest absolute Gasteiger partial charge is 0.316 e. The number of hydrogen-bond donors (Lipinski definition) is 3. The number of carbonyl (C=O) groups is 2. The number of carbonyl (C=O) groups excluding carboxylic acids is 2. The summed E-state index contributed by atoms with van der Waals surface area (Å²) in [4.78, 5) is 50.4. The number of benzene rings is 2. The molecule has 0 aliphatic carbocycles. The van der Waals surface area contributed by atoms with Crippen LogP contribution in [-0.2, 0) is 6.54 Å². The third kappa shape index (κ3) is 3.61. The molecule has 0 aliphatic rings. The van der Waals surface area contributed by atoms with Crippen LogP contribution in [0.25, 0.3) is 11.0 Å². The molecule has 0 fully saturated rings. The number of H-pyrrole nitrogens is 1. The van der Waals surface area contributed by atoms with E-state index in [0.717, 1.165) is 0 Å². The van der Waals surface area contributed by atoms with Crippen LogP contribution in [-0.4, -0.2) is 21.4 Å². The van der Waals surface area contributed by atoms with Gasteiger partial charge in [-0.2, -0.15) is 0 Å². The normalized spacial score (nSPS) is 10.6. The van der Waals surface area contributed by atoms with E-state index in [9.17, 15) is 19.2 Å². The first-order valence-electron chi connectivity index (χ1n) is 8.04. The highest BCUT2D eigenvalue weighted by atomic mass is 35.5. The summed E-state index contributed by atoms with van der Waals surface area (Å²) in [6, 6.07) is 10.9. The van der Waals surface area contributed by atoms with E-state index in [4.69, 9.17) is 11.6 Å².